The van der Waals surface area contributed by atoms with Crippen LogP contribution in [0.3, 0.4) is 0 Å². The van der Waals surface area contributed by atoms with E-state index < -0.39 is 11.7 Å². The summed E-state index contributed by atoms with van der Waals surface area (Å²) in [5, 5.41) is 4.01. The Labute approximate surface area is 251 Å². The lowest BCUT2D eigenvalue weighted by Crippen LogP contribution is -2.45. The zero-order chi connectivity index (χ0) is 30.3. The van der Waals surface area contributed by atoms with Crippen molar-refractivity contribution < 1.29 is 9.53 Å². The van der Waals surface area contributed by atoms with Crippen LogP contribution < -0.4 is 25.6 Å². The molecule has 2 aromatic heterocycles. The zero-order valence-corrected chi connectivity index (χ0v) is 25.4. The van der Waals surface area contributed by atoms with Crippen molar-refractivity contribution in [1.82, 2.24) is 19.4 Å². The molecule has 2 aromatic carbocycles. The van der Waals surface area contributed by atoms with Crippen molar-refractivity contribution in [3.05, 3.63) is 71.1 Å². The minimum Gasteiger partial charge on any atom is -0.443 e. The van der Waals surface area contributed by atoms with Crippen LogP contribution in [0.2, 0.25) is 0 Å². The fourth-order valence-corrected chi connectivity index (χ4v) is 5.55. The number of aromatic nitrogens is 3. The van der Waals surface area contributed by atoms with E-state index in [9.17, 15) is 9.59 Å². The lowest BCUT2D eigenvalue weighted by Gasteiger charge is -2.38. The van der Waals surface area contributed by atoms with Crippen LogP contribution in [0.1, 0.15) is 20.8 Å². The first kappa shape index (κ1) is 28.5. The van der Waals surface area contributed by atoms with E-state index >= 15 is 0 Å². The Kier molecular flexibility index (Phi) is 7.43. The van der Waals surface area contributed by atoms with Crippen LogP contribution in [0.5, 0.6) is 0 Å². The average molecular weight is 583 g/mol. The maximum absolute atomic E-state index is 13.7. The Hall–Kier alpha value is -4.64. The van der Waals surface area contributed by atoms with Gasteiger partial charge in [0.05, 0.1) is 11.4 Å². The molecule has 0 aliphatic carbocycles. The van der Waals surface area contributed by atoms with E-state index in [1.165, 1.54) is 5.69 Å². The number of fused-ring (bicyclic) bond motifs is 2. The highest BCUT2D eigenvalue weighted by molar-refractivity contribution is 5.95. The third kappa shape index (κ3) is 5.85. The highest BCUT2D eigenvalue weighted by Crippen LogP contribution is 2.37. The molecule has 4 aromatic rings. The number of nitrogens with zero attached hydrogens (tertiary/aromatic N) is 7. The molecule has 1 fully saturated rings. The molecule has 0 bridgehead atoms. The van der Waals surface area contributed by atoms with Crippen LogP contribution in [0.25, 0.3) is 11.0 Å². The number of hydrogen-bond acceptors (Lipinski definition) is 9. The van der Waals surface area contributed by atoms with E-state index in [1.54, 1.807) is 22.7 Å². The van der Waals surface area contributed by atoms with Gasteiger partial charge in [-0.1, -0.05) is 12.1 Å². The number of aryl methyl sites for hydroxylation is 1. The molecule has 1 N–H and O–H groups in total. The number of pyridine rings is 1. The molecule has 1 amide bonds. The molecule has 2 aliphatic heterocycles. The molecule has 0 radical (unpaired) electrons. The molecule has 0 spiro atoms. The number of benzene rings is 2. The Morgan fingerprint density at radius 1 is 0.884 bits per heavy atom. The van der Waals surface area contributed by atoms with Gasteiger partial charge in [-0.25, -0.2) is 9.78 Å². The third-order valence-electron chi connectivity index (χ3n) is 7.84. The molecular formula is C32H38N8O3. The highest BCUT2D eigenvalue weighted by atomic mass is 16.6. The zero-order valence-electron chi connectivity index (χ0n) is 25.4. The fraction of sp³-hybridized carbons (Fsp3) is 0.375. The summed E-state index contributed by atoms with van der Waals surface area (Å²) in [4.78, 5) is 44.2. The Morgan fingerprint density at radius 3 is 2.28 bits per heavy atom. The summed E-state index contributed by atoms with van der Waals surface area (Å²) in [7, 11) is 3.87. The molecule has 1 saturated heterocycles. The van der Waals surface area contributed by atoms with Crippen molar-refractivity contribution in [3.63, 3.8) is 0 Å². The molecular weight excluding hydrogens is 544 g/mol. The Morgan fingerprint density at radius 2 is 1.58 bits per heavy atom. The number of carbonyl (C=O) groups is 1. The van der Waals surface area contributed by atoms with Gasteiger partial charge >= 0.3 is 6.09 Å². The predicted octanol–water partition coefficient (Wildman–Crippen LogP) is 4.72. The van der Waals surface area contributed by atoms with Gasteiger partial charge < -0.3 is 24.8 Å². The first-order valence-electron chi connectivity index (χ1n) is 14.6. The normalized spacial score (nSPS) is 15.9. The second-order valence-electron chi connectivity index (χ2n) is 12.1. The van der Waals surface area contributed by atoms with Crippen LogP contribution in [-0.2, 0) is 11.8 Å². The first-order chi connectivity index (χ1) is 20.6. The minimum absolute atomic E-state index is 0.186. The van der Waals surface area contributed by atoms with Gasteiger partial charge in [0, 0.05) is 69.3 Å². The largest absolute Gasteiger partial charge is 0.443 e. The summed E-state index contributed by atoms with van der Waals surface area (Å²) in [5.41, 5.74) is 3.75. The third-order valence-corrected chi connectivity index (χ3v) is 7.84. The fourth-order valence-electron chi connectivity index (χ4n) is 5.55. The van der Waals surface area contributed by atoms with Crippen LogP contribution in [-0.4, -0.2) is 77.4 Å². The van der Waals surface area contributed by atoms with E-state index in [1.807, 2.05) is 68.1 Å². The van der Waals surface area contributed by atoms with E-state index in [-0.39, 0.29) is 5.56 Å². The molecule has 0 unspecified atom stereocenters. The summed E-state index contributed by atoms with van der Waals surface area (Å²) in [6, 6.07) is 17.6. The number of para-hydroxylation sites is 2. The quantitative estimate of drug-likeness (QED) is 0.367. The van der Waals surface area contributed by atoms with Crippen LogP contribution in [0, 0.1) is 0 Å². The topological polar surface area (TPSA) is 99.1 Å². The molecule has 11 heteroatoms. The summed E-state index contributed by atoms with van der Waals surface area (Å²) in [6.07, 6.45) is 1.32. The number of rotatable bonds is 4. The Bertz CT molecular complexity index is 1710. The van der Waals surface area contributed by atoms with Gasteiger partial charge in [-0.2, -0.15) is 4.98 Å². The van der Waals surface area contributed by atoms with E-state index in [2.05, 4.69) is 44.3 Å². The number of piperazine rings is 1. The average Bonchev–Trinajstić information content (AvgIpc) is 2.99. The molecule has 4 heterocycles. The molecule has 2 aliphatic rings. The number of ether oxygens (including phenoxy) is 1. The first-order valence-corrected chi connectivity index (χ1v) is 14.6. The van der Waals surface area contributed by atoms with Gasteiger partial charge in [0.2, 0.25) is 5.95 Å². The molecule has 43 heavy (non-hydrogen) atoms. The highest BCUT2D eigenvalue weighted by Gasteiger charge is 2.32. The second-order valence-corrected chi connectivity index (χ2v) is 12.1. The maximum atomic E-state index is 13.7. The van der Waals surface area contributed by atoms with Gasteiger partial charge in [0.15, 0.2) is 0 Å². The number of anilines is 6. The minimum atomic E-state index is -0.612. The number of amides is 1. The molecule has 0 saturated carbocycles. The van der Waals surface area contributed by atoms with Gasteiger partial charge in [0.1, 0.15) is 16.9 Å². The predicted molar refractivity (Wildman–Crippen MR) is 171 cm³/mol. The maximum Gasteiger partial charge on any atom is 0.414 e. The summed E-state index contributed by atoms with van der Waals surface area (Å²) in [5.74, 6) is 0.416. The van der Waals surface area contributed by atoms with E-state index in [4.69, 9.17) is 4.74 Å². The number of carbonyl (C=O) groups excluding carboxylic acids is 1. The standard InChI is InChI=1S/C32H38N8O3/c1-32(2,3)43-31(42)40-19-18-39(25-8-6-7-9-26(25)40)27-20-22-21-33-30(35-28(22)37(5)29(27)41)34-23-10-12-24(13-11-23)38-16-14-36(4)15-17-38/h6-13,20-21H,14-19H2,1-5H3,(H,33,34,35). The smallest absolute Gasteiger partial charge is 0.414 e. The van der Waals surface area contributed by atoms with Crippen molar-refractivity contribution >= 4 is 51.5 Å². The second kappa shape index (κ2) is 11.2. The summed E-state index contributed by atoms with van der Waals surface area (Å²) >= 11 is 0. The monoisotopic (exact) mass is 582 g/mol. The SMILES string of the molecule is CN1CCN(c2ccc(Nc3ncc4cc(N5CCN(C(=O)OC(C)(C)C)c6ccccc65)c(=O)n(C)c4n3)cc2)CC1. The van der Waals surface area contributed by atoms with Crippen LogP contribution in [0.15, 0.2) is 65.6 Å². The van der Waals surface area contributed by atoms with Crippen LogP contribution >= 0.6 is 0 Å². The van der Waals surface area contributed by atoms with Gasteiger partial charge in [0.25, 0.3) is 5.56 Å². The summed E-state index contributed by atoms with van der Waals surface area (Å²) < 4.78 is 7.20. The van der Waals surface area contributed by atoms with E-state index in [0.29, 0.717) is 36.1 Å². The van der Waals surface area contributed by atoms with Crippen molar-refractivity contribution in [1.29, 1.82) is 0 Å². The number of likely N-dealkylation sites (N-methyl/N-ethyl adjacent to an activating group) is 1. The molecule has 0 atom stereocenters. The van der Waals surface area contributed by atoms with Gasteiger partial charge in [-0.15, -0.1) is 0 Å². The van der Waals surface area contributed by atoms with Gasteiger partial charge in [-0.05, 0) is 70.3 Å². The Balaban J connectivity index is 1.25. The van der Waals surface area contributed by atoms with Crippen molar-refractivity contribution in [2.45, 2.75) is 26.4 Å². The van der Waals surface area contributed by atoms with Crippen LogP contribution in [0.4, 0.5) is 39.2 Å². The lowest BCUT2D eigenvalue weighted by molar-refractivity contribution is 0.0580. The summed E-state index contributed by atoms with van der Waals surface area (Å²) in [6.45, 7) is 10.5. The lowest BCUT2D eigenvalue weighted by atomic mass is 10.1. The van der Waals surface area contributed by atoms with Crippen molar-refractivity contribution in [3.8, 4) is 0 Å². The van der Waals surface area contributed by atoms with Crippen molar-refractivity contribution in [2.75, 3.05) is 66.3 Å². The molecule has 224 valence electrons. The molecule has 11 nitrogen and oxygen atoms in total. The van der Waals surface area contributed by atoms with Gasteiger partial charge in [-0.3, -0.25) is 14.3 Å². The van der Waals surface area contributed by atoms with E-state index in [0.717, 1.165) is 42.9 Å². The number of nitrogens with one attached hydrogen (secondary N) is 1. The van der Waals surface area contributed by atoms with Crippen molar-refractivity contribution in [2.24, 2.45) is 7.05 Å². The molecule has 6 rings (SSSR count). The number of hydrogen-bond donors (Lipinski definition) is 1.